The van der Waals surface area contributed by atoms with Crippen molar-refractivity contribution in [2.45, 2.75) is 32.8 Å². The Balaban J connectivity index is 1.84. The smallest absolute Gasteiger partial charge is 0.534 e. The van der Waals surface area contributed by atoms with E-state index in [2.05, 4.69) is 18.8 Å². The minimum atomic E-state index is -0.438. The van der Waals surface area contributed by atoms with Crippen LogP contribution < -0.4 is 15.5 Å². The molecule has 0 aliphatic carbocycles. The van der Waals surface area contributed by atoms with Crippen molar-refractivity contribution in [3.63, 3.8) is 0 Å². The van der Waals surface area contributed by atoms with Gasteiger partial charge in [0.1, 0.15) is 11.4 Å². The van der Waals surface area contributed by atoms with E-state index >= 15 is 0 Å². The molecule has 0 saturated carbocycles. The second-order valence-electron chi connectivity index (χ2n) is 5.63. The van der Waals surface area contributed by atoms with Crippen LogP contribution in [0.1, 0.15) is 27.2 Å². The third kappa shape index (κ3) is 4.25. The van der Waals surface area contributed by atoms with Crippen LogP contribution in [-0.2, 0) is 9.31 Å². The minimum absolute atomic E-state index is 0.379. The lowest BCUT2D eigenvalue weighted by Gasteiger charge is -2.15. The molecular formula is C16H24BNO3. The summed E-state index contributed by atoms with van der Waals surface area (Å²) in [5.74, 6) is 1.53. The molecule has 114 valence electrons. The summed E-state index contributed by atoms with van der Waals surface area (Å²) < 4.78 is 17.2. The SMILES string of the molecule is C=C1OB(c2ccc(OCCCNCC)cc2)OC1(C)C. The van der Waals surface area contributed by atoms with Crippen LogP contribution in [-0.4, -0.2) is 32.4 Å². The summed E-state index contributed by atoms with van der Waals surface area (Å²) >= 11 is 0. The second-order valence-corrected chi connectivity index (χ2v) is 5.63. The maximum Gasteiger partial charge on any atom is 0.563 e. The normalized spacial score (nSPS) is 16.9. The van der Waals surface area contributed by atoms with Gasteiger partial charge in [-0.25, -0.2) is 0 Å². The zero-order valence-corrected chi connectivity index (χ0v) is 13.1. The highest BCUT2D eigenvalue weighted by Crippen LogP contribution is 2.29. The lowest BCUT2D eigenvalue weighted by atomic mass is 9.79. The predicted molar refractivity (Wildman–Crippen MR) is 85.9 cm³/mol. The topological polar surface area (TPSA) is 39.7 Å². The fraction of sp³-hybridized carbons (Fsp3) is 0.500. The fourth-order valence-electron chi connectivity index (χ4n) is 2.05. The zero-order chi connectivity index (χ0) is 15.3. The summed E-state index contributed by atoms with van der Waals surface area (Å²) in [6, 6.07) is 7.84. The van der Waals surface area contributed by atoms with Crippen LogP contribution in [0.15, 0.2) is 36.6 Å². The molecular weight excluding hydrogens is 265 g/mol. The first-order valence-corrected chi connectivity index (χ1v) is 7.50. The number of hydrogen-bond donors (Lipinski definition) is 1. The van der Waals surface area contributed by atoms with E-state index in [1.165, 1.54) is 0 Å². The molecule has 1 aromatic carbocycles. The molecule has 2 rings (SSSR count). The van der Waals surface area contributed by atoms with E-state index in [9.17, 15) is 0 Å². The van der Waals surface area contributed by atoms with Crippen LogP contribution >= 0.6 is 0 Å². The Hall–Kier alpha value is -1.46. The summed E-state index contributed by atoms with van der Waals surface area (Å²) in [5, 5.41) is 3.27. The maximum atomic E-state index is 5.84. The van der Waals surface area contributed by atoms with Gasteiger partial charge in [0, 0.05) is 0 Å². The third-order valence-electron chi connectivity index (χ3n) is 3.49. The van der Waals surface area contributed by atoms with Gasteiger partial charge in [-0.1, -0.05) is 25.6 Å². The first-order valence-electron chi connectivity index (χ1n) is 7.50. The Morgan fingerprint density at radius 2 is 2.00 bits per heavy atom. The standard InChI is InChI=1S/C16H24BNO3/c1-5-18-11-6-12-19-15-9-7-14(8-10-15)17-20-13(2)16(3,4)21-17/h7-10,18H,2,5-6,11-12H2,1,3-4H3. The Bertz CT molecular complexity index is 473. The lowest BCUT2D eigenvalue weighted by Crippen LogP contribution is -2.34. The van der Waals surface area contributed by atoms with Crippen molar-refractivity contribution in [1.29, 1.82) is 0 Å². The number of benzene rings is 1. The third-order valence-corrected chi connectivity index (χ3v) is 3.49. The van der Waals surface area contributed by atoms with E-state index < -0.39 is 5.60 Å². The molecule has 0 radical (unpaired) electrons. The Morgan fingerprint density at radius 3 is 2.57 bits per heavy atom. The van der Waals surface area contributed by atoms with E-state index in [0.717, 1.165) is 30.7 Å². The summed E-state index contributed by atoms with van der Waals surface area (Å²) in [7, 11) is -0.379. The van der Waals surface area contributed by atoms with Gasteiger partial charge in [0.05, 0.1) is 12.4 Å². The highest BCUT2D eigenvalue weighted by molar-refractivity contribution is 6.62. The molecule has 1 aromatic rings. The van der Waals surface area contributed by atoms with Crippen LogP contribution in [0.2, 0.25) is 0 Å². The molecule has 0 bridgehead atoms. The molecule has 1 heterocycles. The van der Waals surface area contributed by atoms with Crippen molar-refractivity contribution >= 4 is 12.6 Å². The van der Waals surface area contributed by atoms with Crippen molar-refractivity contribution < 1.29 is 14.0 Å². The van der Waals surface area contributed by atoms with E-state index in [1.54, 1.807) is 0 Å². The first kappa shape index (κ1) is 15.9. The summed E-state index contributed by atoms with van der Waals surface area (Å²) in [6.45, 7) is 12.6. The van der Waals surface area contributed by atoms with Gasteiger partial charge in [-0.15, -0.1) is 0 Å². The van der Waals surface area contributed by atoms with Gasteiger partial charge >= 0.3 is 7.12 Å². The van der Waals surface area contributed by atoms with Crippen LogP contribution in [0.25, 0.3) is 0 Å². The van der Waals surface area contributed by atoms with Crippen LogP contribution in [0.3, 0.4) is 0 Å². The van der Waals surface area contributed by atoms with E-state index in [-0.39, 0.29) is 7.12 Å². The zero-order valence-electron chi connectivity index (χ0n) is 13.1. The molecule has 1 saturated heterocycles. The largest absolute Gasteiger partial charge is 0.563 e. The van der Waals surface area contributed by atoms with Crippen molar-refractivity contribution in [3.05, 3.63) is 36.6 Å². The first-order chi connectivity index (χ1) is 10.0. The van der Waals surface area contributed by atoms with Gasteiger partial charge in [-0.2, -0.15) is 0 Å². The van der Waals surface area contributed by atoms with Gasteiger partial charge in [0.2, 0.25) is 0 Å². The van der Waals surface area contributed by atoms with E-state index in [4.69, 9.17) is 14.0 Å². The quantitative estimate of drug-likeness (QED) is 0.616. The molecule has 0 aromatic heterocycles. The second kappa shape index (κ2) is 7.01. The molecule has 0 unspecified atom stereocenters. The van der Waals surface area contributed by atoms with E-state index in [0.29, 0.717) is 12.4 Å². The number of ether oxygens (including phenoxy) is 1. The molecule has 0 atom stereocenters. The number of rotatable bonds is 7. The van der Waals surface area contributed by atoms with Crippen molar-refractivity contribution in [1.82, 2.24) is 5.32 Å². The van der Waals surface area contributed by atoms with Gasteiger partial charge in [-0.3, -0.25) is 0 Å². The number of hydrogen-bond acceptors (Lipinski definition) is 4. The maximum absolute atomic E-state index is 5.84. The monoisotopic (exact) mass is 289 g/mol. The Kier molecular flexibility index (Phi) is 5.31. The summed E-state index contributed by atoms with van der Waals surface area (Å²) in [6.07, 6.45) is 0.998. The Morgan fingerprint density at radius 1 is 1.29 bits per heavy atom. The van der Waals surface area contributed by atoms with Crippen LogP contribution in [0, 0.1) is 0 Å². The molecule has 1 aliphatic heterocycles. The average Bonchev–Trinajstić information content (AvgIpc) is 2.73. The lowest BCUT2D eigenvalue weighted by molar-refractivity contribution is 0.173. The van der Waals surface area contributed by atoms with Crippen molar-refractivity contribution in [2.24, 2.45) is 0 Å². The van der Waals surface area contributed by atoms with Gasteiger partial charge in [0.25, 0.3) is 0 Å². The molecule has 0 spiro atoms. The summed E-state index contributed by atoms with van der Waals surface area (Å²) in [4.78, 5) is 0. The van der Waals surface area contributed by atoms with E-state index in [1.807, 2.05) is 38.1 Å². The molecule has 4 nitrogen and oxygen atoms in total. The molecule has 1 aliphatic rings. The molecule has 1 N–H and O–H groups in total. The van der Waals surface area contributed by atoms with Crippen LogP contribution in [0.4, 0.5) is 0 Å². The highest BCUT2D eigenvalue weighted by Gasteiger charge is 2.42. The Labute approximate surface area is 127 Å². The van der Waals surface area contributed by atoms with Crippen LogP contribution in [0.5, 0.6) is 5.75 Å². The van der Waals surface area contributed by atoms with Gasteiger partial charge < -0.3 is 19.4 Å². The average molecular weight is 289 g/mol. The minimum Gasteiger partial charge on any atom is -0.534 e. The van der Waals surface area contributed by atoms with Gasteiger partial charge in [0.15, 0.2) is 0 Å². The van der Waals surface area contributed by atoms with Crippen molar-refractivity contribution in [2.75, 3.05) is 19.7 Å². The van der Waals surface area contributed by atoms with Crippen molar-refractivity contribution in [3.8, 4) is 5.75 Å². The molecule has 5 heteroatoms. The highest BCUT2D eigenvalue weighted by atomic mass is 16.7. The van der Waals surface area contributed by atoms with Gasteiger partial charge in [-0.05, 0) is 51.0 Å². The fourth-order valence-corrected chi connectivity index (χ4v) is 2.05. The molecule has 21 heavy (non-hydrogen) atoms. The predicted octanol–water partition coefficient (Wildman–Crippen LogP) is 2.10. The summed E-state index contributed by atoms with van der Waals surface area (Å²) in [5.41, 5.74) is 0.535. The molecule has 0 amide bonds. The molecule has 1 fully saturated rings. The number of nitrogens with one attached hydrogen (secondary N) is 1.